The molecule has 3 nitrogen and oxygen atoms in total. The van der Waals surface area contributed by atoms with Gasteiger partial charge in [-0.05, 0) is 36.4 Å². The van der Waals surface area contributed by atoms with Gasteiger partial charge in [0.05, 0.1) is 5.69 Å². The Balaban J connectivity index is 2.42. The van der Waals surface area contributed by atoms with E-state index in [0.29, 0.717) is 4.99 Å². The molecule has 0 saturated heterocycles. The van der Waals surface area contributed by atoms with E-state index in [2.05, 4.69) is 0 Å². The summed E-state index contributed by atoms with van der Waals surface area (Å²) in [6, 6.07) is 14.7. The molecule has 0 aliphatic heterocycles. The molecule has 0 spiro atoms. The van der Waals surface area contributed by atoms with Gasteiger partial charge >= 0.3 is 0 Å². The summed E-state index contributed by atoms with van der Waals surface area (Å²) in [7, 11) is 1.93. The van der Waals surface area contributed by atoms with E-state index < -0.39 is 0 Å². The van der Waals surface area contributed by atoms with Crippen molar-refractivity contribution >= 4 is 28.6 Å². The summed E-state index contributed by atoms with van der Waals surface area (Å²) in [4.78, 5) is 2.35. The van der Waals surface area contributed by atoms with E-state index in [1.54, 1.807) is 12.1 Å². The number of phenols is 1. The van der Waals surface area contributed by atoms with E-state index in [4.69, 9.17) is 18.0 Å². The Labute approximate surface area is 111 Å². The number of anilines is 2. The average molecular weight is 258 g/mol. The highest BCUT2D eigenvalue weighted by molar-refractivity contribution is 7.80. The van der Waals surface area contributed by atoms with Crippen molar-refractivity contribution in [2.45, 2.75) is 0 Å². The minimum Gasteiger partial charge on any atom is -0.508 e. The fraction of sp³-hybridized carbons (Fsp3) is 0.0714. The van der Waals surface area contributed by atoms with Crippen LogP contribution < -0.4 is 10.6 Å². The molecule has 0 fully saturated rings. The Morgan fingerprint density at radius 2 is 1.72 bits per heavy atom. The Kier molecular flexibility index (Phi) is 3.48. The fourth-order valence-electron chi connectivity index (χ4n) is 1.79. The number of phenolic OH excluding ortho intramolecular Hbond substituents is 1. The summed E-state index contributed by atoms with van der Waals surface area (Å²) < 4.78 is 0. The predicted octanol–water partition coefficient (Wildman–Crippen LogP) is 2.79. The van der Waals surface area contributed by atoms with Crippen LogP contribution >= 0.6 is 12.2 Å². The minimum absolute atomic E-state index is 0.245. The van der Waals surface area contributed by atoms with Gasteiger partial charge in [0.1, 0.15) is 10.7 Å². The number of aromatic hydroxyl groups is 1. The van der Waals surface area contributed by atoms with Gasteiger partial charge in [0.15, 0.2) is 0 Å². The number of rotatable bonds is 3. The Morgan fingerprint density at radius 1 is 1.11 bits per heavy atom. The van der Waals surface area contributed by atoms with E-state index in [1.165, 1.54) is 0 Å². The summed E-state index contributed by atoms with van der Waals surface area (Å²) in [6.07, 6.45) is 0. The summed E-state index contributed by atoms with van der Waals surface area (Å²) in [6.45, 7) is 0. The Bertz CT molecular complexity index is 566. The van der Waals surface area contributed by atoms with E-state index >= 15 is 0 Å². The molecule has 0 heterocycles. The summed E-state index contributed by atoms with van der Waals surface area (Å²) in [5.41, 5.74) is 8.45. The van der Waals surface area contributed by atoms with Gasteiger partial charge in [0, 0.05) is 18.3 Å². The molecule has 2 aromatic carbocycles. The van der Waals surface area contributed by atoms with Gasteiger partial charge in [-0.25, -0.2) is 0 Å². The van der Waals surface area contributed by atoms with Gasteiger partial charge in [-0.3, -0.25) is 0 Å². The number of hydrogen-bond acceptors (Lipinski definition) is 3. The van der Waals surface area contributed by atoms with Crippen molar-refractivity contribution < 1.29 is 5.11 Å². The van der Waals surface area contributed by atoms with Crippen molar-refractivity contribution in [2.24, 2.45) is 5.73 Å². The lowest BCUT2D eigenvalue weighted by molar-refractivity contribution is 0.475. The number of hydrogen-bond donors (Lipinski definition) is 2. The first kappa shape index (κ1) is 12.4. The van der Waals surface area contributed by atoms with Crippen molar-refractivity contribution in [3.63, 3.8) is 0 Å². The standard InChI is InChI=1S/C14H14N2OS/c1-16(10-6-8-11(17)9-7-10)13-5-3-2-4-12(13)14(15)18/h2-9,17H,1H3,(H2,15,18). The SMILES string of the molecule is CN(c1ccc(O)cc1)c1ccccc1C(N)=S. The Morgan fingerprint density at radius 3 is 2.33 bits per heavy atom. The average Bonchev–Trinajstić information content (AvgIpc) is 2.39. The second kappa shape index (κ2) is 5.06. The van der Waals surface area contributed by atoms with Crippen LogP contribution in [0.5, 0.6) is 5.75 Å². The van der Waals surface area contributed by atoms with Gasteiger partial charge in [-0.15, -0.1) is 0 Å². The number of thiocarbonyl (C=S) groups is 1. The summed E-state index contributed by atoms with van der Waals surface area (Å²) >= 11 is 5.05. The van der Waals surface area contributed by atoms with Gasteiger partial charge in [0.2, 0.25) is 0 Å². The van der Waals surface area contributed by atoms with Crippen molar-refractivity contribution in [3.8, 4) is 5.75 Å². The predicted molar refractivity (Wildman–Crippen MR) is 78.5 cm³/mol. The highest BCUT2D eigenvalue weighted by atomic mass is 32.1. The first-order valence-corrected chi connectivity index (χ1v) is 5.92. The smallest absolute Gasteiger partial charge is 0.115 e. The monoisotopic (exact) mass is 258 g/mol. The third-order valence-electron chi connectivity index (χ3n) is 2.77. The second-order valence-corrected chi connectivity index (χ2v) is 4.40. The van der Waals surface area contributed by atoms with Crippen LogP contribution in [0.15, 0.2) is 48.5 Å². The largest absolute Gasteiger partial charge is 0.508 e. The van der Waals surface area contributed by atoms with E-state index in [1.807, 2.05) is 48.3 Å². The van der Waals surface area contributed by atoms with Crippen LogP contribution in [0.4, 0.5) is 11.4 Å². The molecular formula is C14H14N2OS. The number of nitrogens with zero attached hydrogens (tertiary/aromatic N) is 1. The van der Waals surface area contributed by atoms with Crippen LogP contribution in [0.25, 0.3) is 0 Å². The maximum Gasteiger partial charge on any atom is 0.115 e. The molecule has 3 N–H and O–H groups in total. The lowest BCUT2D eigenvalue weighted by Gasteiger charge is -2.22. The Hall–Kier alpha value is -2.07. The zero-order valence-corrected chi connectivity index (χ0v) is 10.8. The lowest BCUT2D eigenvalue weighted by Crippen LogP contribution is -2.17. The normalized spacial score (nSPS) is 10.1. The van der Waals surface area contributed by atoms with Gasteiger partial charge in [-0.2, -0.15) is 0 Å². The van der Waals surface area contributed by atoms with Crippen LogP contribution in [0.2, 0.25) is 0 Å². The first-order valence-electron chi connectivity index (χ1n) is 5.51. The molecule has 2 rings (SSSR count). The molecule has 0 saturated carbocycles. The van der Waals surface area contributed by atoms with Crippen LogP contribution in [0, 0.1) is 0 Å². The van der Waals surface area contributed by atoms with Gasteiger partial charge in [0.25, 0.3) is 0 Å². The molecule has 0 bridgehead atoms. The summed E-state index contributed by atoms with van der Waals surface area (Å²) in [5.74, 6) is 0.245. The molecule has 0 aromatic heterocycles. The topological polar surface area (TPSA) is 49.5 Å². The number of benzene rings is 2. The molecule has 0 aliphatic rings. The molecular weight excluding hydrogens is 244 g/mol. The van der Waals surface area contributed by atoms with Crippen molar-refractivity contribution in [1.82, 2.24) is 0 Å². The molecule has 4 heteroatoms. The maximum atomic E-state index is 9.29. The number of para-hydroxylation sites is 1. The minimum atomic E-state index is 0.245. The van der Waals surface area contributed by atoms with Crippen LogP contribution in [0.3, 0.4) is 0 Å². The molecule has 2 aromatic rings. The van der Waals surface area contributed by atoms with E-state index in [0.717, 1.165) is 16.9 Å². The quantitative estimate of drug-likeness (QED) is 0.831. The number of nitrogens with two attached hydrogens (primary N) is 1. The molecule has 0 radical (unpaired) electrons. The molecule has 0 unspecified atom stereocenters. The fourth-order valence-corrected chi connectivity index (χ4v) is 1.96. The summed E-state index contributed by atoms with van der Waals surface area (Å²) in [5, 5.41) is 9.29. The van der Waals surface area contributed by atoms with Crippen LogP contribution in [-0.2, 0) is 0 Å². The molecule has 92 valence electrons. The molecule has 0 atom stereocenters. The highest BCUT2D eigenvalue weighted by Crippen LogP contribution is 2.27. The molecule has 18 heavy (non-hydrogen) atoms. The van der Waals surface area contributed by atoms with Crippen molar-refractivity contribution in [2.75, 3.05) is 11.9 Å². The second-order valence-electron chi connectivity index (χ2n) is 3.96. The molecule has 0 aliphatic carbocycles. The third kappa shape index (κ3) is 2.43. The van der Waals surface area contributed by atoms with Gasteiger partial charge < -0.3 is 15.7 Å². The van der Waals surface area contributed by atoms with Gasteiger partial charge in [-0.1, -0.05) is 24.4 Å². The van der Waals surface area contributed by atoms with E-state index in [-0.39, 0.29) is 5.75 Å². The van der Waals surface area contributed by atoms with Crippen LogP contribution in [0.1, 0.15) is 5.56 Å². The van der Waals surface area contributed by atoms with E-state index in [9.17, 15) is 5.11 Å². The molecule has 0 amide bonds. The highest BCUT2D eigenvalue weighted by Gasteiger charge is 2.10. The third-order valence-corrected chi connectivity index (χ3v) is 2.99. The zero-order valence-electron chi connectivity index (χ0n) is 10.00. The zero-order chi connectivity index (χ0) is 13.1. The first-order chi connectivity index (χ1) is 8.59. The van der Waals surface area contributed by atoms with Crippen LogP contribution in [-0.4, -0.2) is 17.1 Å². The maximum absolute atomic E-state index is 9.29. The van der Waals surface area contributed by atoms with Crippen molar-refractivity contribution in [3.05, 3.63) is 54.1 Å². The van der Waals surface area contributed by atoms with Crippen molar-refractivity contribution in [1.29, 1.82) is 0 Å². The lowest BCUT2D eigenvalue weighted by atomic mass is 10.1.